The highest BCUT2D eigenvalue weighted by Gasteiger charge is 2.17. The Kier molecular flexibility index (Phi) is 4.83. The molecule has 0 aliphatic rings. The highest BCUT2D eigenvalue weighted by Crippen LogP contribution is 2.26. The molecule has 0 radical (unpaired) electrons. The van der Waals surface area contributed by atoms with Crippen LogP contribution >= 0.6 is 23.2 Å². The molecule has 2 nitrogen and oxygen atoms in total. The molecule has 0 aromatic heterocycles. The van der Waals surface area contributed by atoms with Gasteiger partial charge in [0, 0.05) is 5.02 Å². The van der Waals surface area contributed by atoms with Crippen LogP contribution in [0.1, 0.15) is 11.7 Å². The molecule has 0 bridgehead atoms. The molecule has 100 valence electrons. The van der Waals surface area contributed by atoms with Crippen molar-refractivity contribution in [2.45, 2.75) is 12.2 Å². The van der Waals surface area contributed by atoms with Crippen molar-refractivity contribution in [2.75, 3.05) is 5.88 Å². The third-order valence-corrected chi connectivity index (χ3v) is 3.50. The number of hydrogen-bond donors (Lipinski definition) is 2. The molecule has 0 aliphatic heterocycles. The predicted molar refractivity (Wildman–Crippen MR) is 78.6 cm³/mol. The van der Waals surface area contributed by atoms with Crippen LogP contribution in [0.3, 0.4) is 0 Å². The van der Waals surface area contributed by atoms with Crippen LogP contribution < -0.4 is 0 Å². The molecule has 0 saturated heterocycles. The third-order valence-electron chi connectivity index (χ3n) is 2.93. The van der Waals surface area contributed by atoms with Crippen LogP contribution in [0.5, 0.6) is 0 Å². The van der Waals surface area contributed by atoms with Crippen LogP contribution in [0.4, 0.5) is 0 Å². The molecule has 2 aromatic carbocycles. The van der Waals surface area contributed by atoms with Gasteiger partial charge in [0.05, 0.1) is 12.0 Å². The Bertz CT molecular complexity index is 540. The maximum Gasteiger partial charge on any atom is 0.106 e. The molecule has 2 aromatic rings. The number of rotatable bonds is 4. The molecule has 0 aliphatic carbocycles. The summed E-state index contributed by atoms with van der Waals surface area (Å²) in [6.45, 7) is 0. The lowest BCUT2D eigenvalue weighted by atomic mass is 9.99. The van der Waals surface area contributed by atoms with E-state index in [0.717, 1.165) is 11.1 Å². The first-order chi connectivity index (χ1) is 9.11. The van der Waals surface area contributed by atoms with E-state index in [9.17, 15) is 10.2 Å². The van der Waals surface area contributed by atoms with Crippen molar-refractivity contribution in [3.8, 4) is 11.1 Å². The van der Waals surface area contributed by atoms with Gasteiger partial charge in [-0.15, -0.1) is 11.6 Å². The fourth-order valence-electron chi connectivity index (χ4n) is 1.85. The smallest absolute Gasteiger partial charge is 0.106 e. The monoisotopic (exact) mass is 296 g/mol. The Balaban J connectivity index is 2.31. The van der Waals surface area contributed by atoms with Gasteiger partial charge in [0.25, 0.3) is 0 Å². The lowest BCUT2D eigenvalue weighted by Gasteiger charge is -2.16. The SMILES string of the molecule is OC(CCl)C(O)c1cccc(-c2ccc(Cl)cc2)c1. The van der Waals surface area contributed by atoms with Crippen molar-refractivity contribution in [3.05, 3.63) is 59.1 Å². The van der Waals surface area contributed by atoms with Gasteiger partial charge in [-0.3, -0.25) is 0 Å². The Morgan fingerprint density at radius 2 is 1.63 bits per heavy atom. The number of aliphatic hydroxyl groups is 2. The van der Waals surface area contributed by atoms with E-state index >= 15 is 0 Å². The molecule has 2 unspecified atom stereocenters. The van der Waals surface area contributed by atoms with Crippen LogP contribution in [0.25, 0.3) is 11.1 Å². The van der Waals surface area contributed by atoms with Gasteiger partial charge >= 0.3 is 0 Å². The first kappa shape index (κ1) is 14.4. The van der Waals surface area contributed by atoms with Crippen LogP contribution in [0.15, 0.2) is 48.5 Å². The molecule has 0 spiro atoms. The molecule has 0 heterocycles. The quantitative estimate of drug-likeness (QED) is 0.846. The molecule has 0 saturated carbocycles. The Hall–Kier alpha value is -1.06. The van der Waals surface area contributed by atoms with E-state index in [-0.39, 0.29) is 5.88 Å². The van der Waals surface area contributed by atoms with Gasteiger partial charge in [-0.05, 0) is 34.9 Å². The summed E-state index contributed by atoms with van der Waals surface area (Å²) in [6.07, 6.45) is -1.95. The molecule has 2 rings (SSSR count). The highest BCUT2D eigenvalue weighted by atomic mass is 35.5. The highest BCUT2D eigenvalue weighted by molar-refractivity contribution is 6.30. The average molecular weight is 297 g/mol. The number of alkyl halides is 1. The third kappa shape index (κ3) is 3.48. The van der Waals surface area contributed by atoms with E-state index in [0.29, 0.717) is 10.6 Å². The van der Waals surface area contributed by atoms with E-state index < -0.39 is 12.2 Å². The topological polar surface area (TPSA) is 40.5 Å². The number of benzene rings is 2. The second-order valence-corrected chi connectivity index (χ2v) is 5.04. The van der Waals surface area contributed by atoms with Gasteiger partial charge < -0.3 is 10.2 Å². The van der Waals surface area contributed by atoms with Gasteiger partial charge in [0.2, 0.25) is 0 Å². The van der Waals surface area contributed by atoms with E-state index in [2.05, 4.69) is 0 Å². The number of aliphatic hydroxyl groups excluding tert-OH is 2. The normalized spacial score (nSPS) is 14.1. The zero-order valence-electron chi connectivity index (χ0n) is 10.1. The predicted octanol–water partition coefficient (Wildman–Crippen LogP) is 3.64. The summed E-state index contributed by atoms with van der Waals surface area (Å²) in [5, 5.41) is 20.2. The summed E-state index contributed by atoms with van der Waals surface area (Å²) in [5.41, 5.74) is 2.59. The van der Waals surface area contributed by atoms with Crippen molar-refractivity contribution >= 4 is 23.2 Å². The van der Waals surface area contributed by atoms with Crippen LogP contribution in [0.2, 0.25) is 5.02 Å². The van der Waals surface area contributed by atoms with E-state index in [4.69, 9.17) is 23.2 Å². The lowest BCUT2D eigenvalue weighted by molar-refractivity contribution is 0.0327. The summed E-state index contributed by atoms with van der Waals surface area (Å²) in [6, 6.07) is 14.8. The molecule has 19 heavy (non-hydrogen) atoms. The van der Waals surface area contributed by atoms with Crippen molar-refractivity contribution in [1.82, 2.24) is 0 Å². The van der Waals surface area contributed by atoms with E-state index in [1.165, 1.54) is 0 Å². The lowest BCUT2D eigenvalue weighted by Crippen LogP contribution is -2.19. The summed E-state index contributed by atoms with van der Waals surface area (Å²) in [4.78, 5) is 0. The van der Waals surface area contributed by atoms with Crippen LogP contribution in [-0.4, -0.2) is 22.2 Å². The van der Waals surface area contributed by atoms with Crippen LogP contribution in [-0.2, 0) is 0 Å². The molecular weight excluding hydrogens is 283 g/mol. The van der Waals surface area contributed by atoms with Crippen molar-refractivity contribution in [1.29, 1.82) is 0 Å². The molecule has 2 N–H and O–H groups in total. The standard InChI is InChI=1S/C15H14Cl2O2/c16-9-14(18)15(19)12-3-1-2-11(8-12)10-4-6-13(17)7-5-10/h1-8,14-15,18-19H,9H2. The van der Waals surface area contributed by atoms with E-state index in [1.807, 2.05) is 42.5 Å². The largest absolute Gasteiger partial charge is 0.389 e. The fraction of sp³-hybridized carbons (Fsp3) is 0.200. The molecule has 0 fully saturated rings. The Labute approximate surface area is 122 Å². The summed E-state index contributed by atoms with van der Waals surface area (Å²) in [7, 11) is 0. The second-order valence-electron chi connectivity index (χ2n) is 4.30. The minimum absolute atomic E-state index is 0.00760. The van der Waals surface area contributed by atoms with Crippen molar-refractivity contribution in [3.63, 3.8) is 0 Å². The van der Waals surface area contributed by atoms with Crippen molar-refractivity contribution < 1.29 is 10.2 Å². The molecule has 4 heteroatoms. The minimum atomic E-state index is -0.982. The fourth-order valence-corrected chi connectivity index (χ4v) is 2.15. The van der Waals surface area contributed by atoms with Gasteiger partial charge in [-0.1, -0.05) is 41.9 Å². The Morgan fingerprint density at radius 1 is 0.947 bits per heavy atom. The average Bonchev–Trinajstić information content (AvgIpc) is 2.46. The Morgan fingerprint density at radius 3 is 2.26 bits per heavy atom. The van der Waals surface area contributed by atoms with Gasteiger partial charge in [-0.25, -0.2) is 0 Å². The first-order valence-electron chi connectivity index (χ1n) is 5.90. The van der Waals surface area contributed by atoms with E-state index in [1.54, 1.807) is 6.07 Å². The maximum absolute atomic E-state index is 9.95. The number of hydrogen-bond acceptors (Lipinski definition) is 2. The van der Waals surface area contributed by atoms with Gasteiger partial charge in [0.1, 0.15) is 6.10 Å². The van der Waals surface area contributed by atoms with Crippen molar-refractivity contribution in [2.24, 2.45) is 0 Å². The molecule has 2 atom stereocenters. The molecule has 0 amide bonds. The van der Waals surface area contributed by atoms with Gasteiger partial charge in [-0.2, -0.15) is 0 Å². The summed E-state index contributed by atoms with van der Waals surface area (Å²) in [5.74, 6) is -0.00760. The zero-order chi connectivity index (χ0) is 13.8. The van der Waals surface area contributed by atoms with Gasteiger partial charge in [0.15, 0.2) is 0 Å². The number of halogens is 2. The summed E-state index contributed by atoms with van der Waals surface area (Å²) < 4.78 is 0. The minimum Gasteiger partial charge on any atom is -0.389 e. The second kappa shape index (κ2) is 6.40. The zero-order valence-corrected chi connectivity index (χ0v) is 11.6. The summed E-state index contributed by atoms with van der Waals surface area (Å²) >= 11 is 11.4. The van der Waals surface area contributed by atoms with Crippen LogP contribution in [0, 0.1) is 0 Å². The maximum atomic E-state index is 9.95. The molecular formula is C15H14Cl2O2. The first-order valence-corrected chi connectivity index (χ1v) is 6.81.